The molecular weight excluding hydrogens is 360 g/mol. The summed E-state index contributed by atoms with van der Waals surface area (Å²) < 4.78 is 0. The van der Waals surface area contributed by atoms with Crippen molar-refractivity contribution in [3.05, 3.63) is 143 Å². The second-order valence-corrected chi connectivity index (χ2v) is 7.22. The molecule has 0 heterocycles. The van der Waals surface area contributed by atoms with Crippen LogP contribution in [0.5, 0.6) is 0 Å². The van der Waals surface area contributed by atoms with Gasteiger partial charge in [-0.3, -0.25) is 0 Å². The van der Waals surface area contributed by atoms with Crippen molar-refractivity contribution in [1.29, 1.82) is 0 Å². The first kappa shape index (κ1) is 19.3. The Hall–Kier alpha value is -4.00. The van der Waals surface area contributed by atoms with E-state index in [0.29, 0.717) is 0 Å². The van der Waals surface area contributed by atoms with Crippen molar-refractivity contribution in [1.82, 2.24) is 0 Å². The fourth-order valence-corrected chi connectivity index (χ4v) is 3.28. The van der Waals surface area contributed by atoms with Crippen LogP contribution >= 0.6 is 0 Å². The van der Waals surface area contributed by atoms with E-state index in [9.17, 15) is 0 Å². The summed E-state index contributed by atoms with van der Waals surface area (Å²) in [5.74, 6) is 12.2. The Labute approximate surface area is 179 Å². The lowest BCUT2D eigenvalue weighted by atomic mass is 10.0. The van der Waals surface area contributed by atoms with Crippen LogP contribution in [0.4, 0.5) is 0 Å². The minimum Gasteiger partial charge on any atom is -0.0622 e. The molecule has 0 N–H and O–H groups in total. The predicted molar refractivity (Wildman–Crippen MR) is 125 cm³/mol. The van der Waals surface area contributed by atoms with Crippen LogP contribution in [-0.2, 0) is 12.8 Å². The third kappa shape index (κ3) is 5.75. The molecule has 4 rings (SSSR count). The minimum absolute atomic E-state index is 0.939. The molecule has 0 amide bonds. The van der Waals surface area contributed by atoms with Crippen LogP contribution < -0.4 is 0 Å². The number of hydrogen-bond acceptors (Lipinski definition) is 0. The fourth-order valence-electron chi connectivity index (χ4n) is 3.28. The molecule has 0 aromatic heterocycles. The zero-order valence-corrected chi connectivity index (χ0v) is 16.8. The monoisotopic (exact) mass is 382 g/mol. The molecule has 0 nitrogen and oxygen atoms in total. The van der Waals surface area contributed by atoms with Gasteiger partial charge in [-0.1, -0.05) is 96.8 Å². The van der Waals surface area contributed by atoms with E-state index in [1.165, 1.54) is 22.3 Å². The first-order valence-electron chi connectivity index (χ1n) is 10.1. The fraction of sp³-hybridized carbons (Fsp3) is 0.0667. The summed E-state index contributed by atoms with van der Waals surface area (Å²) in [7, 11) is 0. The highest BCUT2D eigenvalue weighted by Gasteiger charge is 1.96. The van der Waals surface area contributed by atoms with E-state index >= 15 is 0 Å². The lowest BCUT2D eigenvalue weighted by Gasteiger charge is -2.01. The van der Waals surface area contributed by atoms with Gasteiger partial charge in [0.05, 0.1) is 0 Å². The van der Waals surface area contributed by atoms with Gasteiger partial charge in [-0.05, 0) is 71.2 Å². The maximum Gasteiger partial charge on any atom is 0.0255 e. The molecule has 0 aliphatic heterocycles. The summed E-state index contributed by atoms with van der Waals surface area (Å²) in [6, 6.07) is 37.8. The van der Waals surface area contributed by atoms with Gasteiger partial charge in [0, 0.05) is 11.1 Å². The minimum atomic E-state index is 0.939. The van der Waals surface area contributed by atoms with Gasteiger partial charge in [0.1, 0.15) is 0 Å². The molecule has 0 heteroatoms. The summed E-state index contributed by atoms with van der Waals surface area (Å²) in [5.41, 5.74) is 7.18. The molecule has 0 unspecified atom stereocenters. The summed E-state index contributed by atoms with van der Waals surface area (Å²) in [6.07, 6.45) is 1.88. The number of benzene rings is 4. The highest BCUT2D eigenvalue weighted by atomic mass is 14.0. The van der Waals surface area contributed by atoms with Gasteiger partial charge in [0.25, 0.3) is 0 Å². The van der Waals surface area contributed by atoms with E-state index in [0.717, 1.165) is 24.0 Å². The van der Waals surface area contributed by atoms with Crippen LogP contribution in [-0.4, -0.2) is 0 Å². The Morgan fingerprint density at radius 3 is 1.07 bits per heavy atom. The van der Waals surface area contributed by atoms with Crippen LogP contribution in [0.1, 0.15) is 33.4 Å². The molecule has 0 saturated carbocycles. The largest absolute Gasteiger partial charge is 0.0622 e. The highest BCUT2D eigenvalue weighted by molar-refractivity contribution is 5.45. The second kappa shape index (κ2) is 9.97. The third-order valence-corrected chi connectivity index (χ3v) is 4.89. The predicted octanol–water partition coefficient (Wildman–Crippen LogP) is 6.27. The van der Waals surface area contributed by atoms with Gasteiger partial charge in [0.15, 0.2) is 0 Å². The topological polar surface area (TPSA) is 0 Å². The quantitative estimate of drug-likeness (QED) is 0.365. The molecule has 0 aliphatic rings. The first-order valence-corrected chi connectivity index (χ1v) is 10.1. The van der Waals surface area contributed by atoms with Gasteiger partial charge in [-0.2, -0.15) is 0 Å². The maximum absolute atomic E-state index is 3.13. The van der Waals surface area contributed by atoms with Gasteiger partial charge in [-0.25, -0.2) is 0 Å². The Morgan fingerprint density at radius 2 is 0.700 bits per heavy atom. The van der Waals surface area contributed by atoms with Gasteiger partial charge in [0.2, 0.25) is 0 Å². The van der Waals surface area contributed by atoms with Crippen molar-refractivity contribution in [3.8, 4) is 23.7 Å². The summed E-state index contributed by atoms with van der Waals surface area (Å²) in [4.78, 5) is 0. The molecule has 4 aromatic carbocycles. The summed E-state index contributed by atoms with van der Waals surface area (Å²) in [5, 5.41) is 0. The summed E-state index contributed by atoms with van der Waals surface area (Å²) >= 11 is 0. The van der Waals surface area contributed by atoms with E-state index in [4.69, 9.17) is 0 Å². The van der Waals surface area contributed by atoms with Crippen molar-refractivity contribution in [2.75, 3.05) is 0 Å². The van der Waals surface area contributed by atoms with Crippen LogP contribution in [0, 0.1) is 23.7 Å². The van der Waals surface area contributed by atoms with Gasteiger partial charge >= 0.3 is 0 Å². The zero-order valence-electron chi connectivity index (χ0n) is 16.8. The van der Waals surface area contributed by atoms with E-state index in [-0.39, 0.29) is 0 Å². The average Bonchev–Trinajstić information content (AvgIpc) is 2.80. The van der Waals surface area contributed by atoms with Crippen LogP contribution in [0.2, 0.25) is 0 Å². The van der Waals surface area contributed by atoms with Crippen molar-refractivity contribution < 1.29 is 0 Å². The molecule has 0 aliphatic carbocycles. The lowest BCUT2D eigenvalue weighted by Crippen LogP contribution is -1.87. The smallest absolute Gasteiger partial charge is 0.0255 e. The Kier molecular flexibility index (Phi) is 6.42. The molecular formula is C30H22. The SMILES string of the molecule is C(C#Cc1ccc(Cc2ccccc2)cc1)#Cc1ccc(Cc2ccccc2)cc1. The van der Waals surface area contributed by atoms with E-state index in [2.05, 4.69) is 121 Å². The van der Waals surface area contributed by atoms with Crippen LogP contribution in [0.3, 0.4) is 0 Å². The molecule has 30 heavy (non-hydrogen) atoms. The maximum atomic E-state index is 3.13. The van der Waals surface area contributed by atoms with Crippen molar-refractivity contribution >= 4 is 0 Å². The van der Waals surface area contributed by atoms with Gasteiger partial charge < -0.3 is 0 Å². The Morgan fingerprint density at radius 1 is 0.367 bits per heavy atom. The zero-order chi connectivity index (χ0) is 20.4. The number of rotatable bonds is 4. The second-order valence-electron chi connectivity index (χ2n) is 7.22. The Bertz CT molecular complexity index is 1090. The van der Waals surface area contributed by atoms with Crippen molar-refractivity contribution in [3.63, 3.8) is 0 Å². The molecule has 0 saturated heterocycles. The van der Waals surface area contributed by atoms with E-state index in [1.54, 1.807) is 0 Å². The molecule has 0 radical (unpaired) electrons. The third-order valence-electron chi connectivity index (χ3n) is 4.89. The standard InChI is InChI=1S/C30H22/c1-3-11-27(12-4-1)23-29-19-15-25(16-20-29)9-7-8-10-26-17-21-30(22-18-26)24-28-13-5-2-6-14-28/h1-6,11-22H,23-24H2. The molecule has 0 atom stereocenters. The van der Waals surface area contributed by atoms with E-state index in [1.807, 2.05) is 12.1 Å². The van der Waals surface area contributed by atoms with E-state index < -0.39 is 0 Å². The first-order chi connectivity index (χ1) is 14.8. The average molecular weight is 383 g/mol. The summed E-state index contributed by atoms with van der Waals surface area (Å²) in [6.45, 7) is 0. The molecule has 142 valence electrons. The van der Waals surface area contributed by atoms with Crippen molar-refractivity contribution in [2.45, 2.75) is 12.8 Å². The van der Waals surface area contributed by atoms with Crippen LogP contribution in [0.25, 0.3) is 0 Å². The normalized spacial score (nSPS) is 9.73. The molecule has 0 bridgehead atoms. The lowest BCUT2D eigenvalue weighted by molar-refractivity contribution is 1.19. The van der Waals surface area contributed by atoms with Crippen molar-refractivity contribution in [2.24, 2.45) is 0 Å². The molecule has 0 fully saturated rings. The van der Waals surface area contributed by atoms with Crippen LogP contribution in [0.15, 0.2) is 109 Å². The molecule has 0 spiro atoms. The molecule has 4 aromatic rings. The van der Waals surface area contributed by atoms with Gasteiger partial charge in [-0.15, -0.1) is 0 Å². The highest BCUT2D eigenvalue weighted by Crippen LogP contribution is 2.11. The Balaban J connectivity index is 1.34. The number of hydrogen-bond donors (Lipinski definition) is 0.